The van der Waals surface area contributed by atoms with Crippen molar-refractivity contribution in [2.75, 3.05) is 0 Å². The van der Waals surface area contributed by atoms with Gasteiger partial charge in [0, 0.05) is 0 Å². The Balaban J connectivity index is 2.23. The van der Waals surface area contributed by atoms with Gasteiger partial charge in [-0.3, -0.25) is 0 Å². The van der Waals surface area contributed by atoms with Crippen LogP contribution in [0.15, 0.2) is 40.8 Å². The van der Waals surface area contributed by atoms with E-state index in [0.717, 1.165) is 0 Å². The molecule has 3 nitrogen and oxygen atoms in total. The molecule has 0 bridgehead atoms. The van der Waals surface area contributed by atoms with Gasteiger partial charge < -0.3 is 14.9 Å². The first-order chi connectivity index (χ1) is 8.85. The highest BCUT2D eigenvalue weighted by Crippen LogP contribution is 2.28. The number of benzene rings is 1. The van der Waals surface area contributed by atoms with Gasteiger partial charge in [0.15, 0.2) is 5.22 Å². The predicted molar refractivity (Wildman–Crippen MR) is 62.9 cm³/mol. The molecule has 102 valence electrons. The average molecular weight is 292 g/mol. The molecule has 0 radical (unpaired) electrons. The normalized spacial score (nSPS) is 13.3. The molecule has 2 aromatic rings. The summed E-state index contributed by atoms with van der Waals surface area (Å²) in [5.74, 6) is 0.0206. The number of nitrogens with two attached hydrogens (primary N) is 1. The lowest BCUT2D eigenvalue weighted by molar-refractivity contribution is -0.274. The summed E-state index contributed by atoms with van der Waals surface area (Å²) >= 11 is 5.61. The maximum Gasteiger partial charge on any atom is 0.573 e. The van der Waals surface area contributed by atoms with E-state index in [1.54, 1.807) is 12.1 Å². The molecule has 2 N–H and O–H groups in total. The predicted octanol–water partition coefficient (Wildman–Crippen LogP) is 3.88. The molecule has 1 unspecified atom stereocenters. The Morgan fingerprint density at radius 3 is 2.53 bits per heavy atom. The van der Waals surface area contributed by atoms with E-state index in [1.165, 1.54) is 24.3 Å². The zero-order valence-corrected chi connectivity index (χ0v) is 10.2. The van der Waals surface area contributed by atoms with Crippen LogP contribution in [0.25, 0.3) is 0 Å². The quantitative estimate of drug-likeness (QED) is 0.933. The second-order valence-electron chi connectivity index (χ2n) is 3.74. The van der Waals surface area contributed by atoms with Gasteiger partial charge in [-0.05, 0) is 41.4 Å². The van der Waals surface area contributed by atoms with Crippen molar-refractivity contribution in [1.29, 1.82) is 0 Å². The molecule has 0 aliphatic carbocycles. The van der Waals surface area contributed by atoms with Crippen LogP contribution in [-0.2, 0) is 0 Å². The van der Waals surface area contributed by atoms with E-state index < -0.39 is 12.4 Å². The molecular formula is C12H9ClF3NO2. The van der Waals surface area contributed by atoms with Gasteiger partial charge >= 0.3 is 6.36 Å². The van der Waals surface area contributed by atoms with Crippen LogP contribution in [0.4, 0.5) is 13.2 Å². The van der Waals surface area contributed by atoms with Gasteiger partial charge in [-0.2, -0.15) is 0 Å². The van der Waals surface area contributed by atoms with Crippen molar-refractivity contribution in [3.8, 4) is 5.75 Å². The third kappa shape index (κ3) is 3.65. The van der Waals surface area contributed by atoms with Crippen molar-refractivity contribution in [2.45, 2.75) is 12.4 Å². The first-order valence-electron chi connectivity index (χ1n) is 5.22. The number of hydrogen-bond donors (Lipinski definition) is 1. The van der Waals surface area contributed by atoms with Crippen molar-refractivity contribution >= 4 is 11.6 Å². The van der Waals surface area contributed by atoms with Gasteiger partial charge in [-0.25, -0.2) is 0 Å². The van der Waals surface area contributed by atoms with Crippen LogP contribution >= 0.6 is 11.6 Å². The molecule has 19 heavy (non-hydrogen) atoms. The highest BCUT2D eigenvalue weighted by Gasteiger charge is 2.31. The van der Waals surface area contributed by atoms with Crippen LogP contribution < -0.4 is 10.5 Å². The minimum atomic E-state index is -4.74. The largest absolute Gasteiger partial charge is 0.573 e. The summed E-state index contributed by atoms with van der Waals surface area (Å²) in [6, 6.07) is 7.74. The molecule has 0 aliphatic heterocycles. The summed E-state index contributed by atoms with van der Waals surface area (Å²) in [4.78, 5) is 0. The number of halogens is 4. The Bertz CT molecular complexity index is 568. The number of hydrogen-bond acceptors (Lipinski definition) is 3. The smallest absolute Gasteiger partial charge is 0.448 e. The number of rotatable bonds is 3. The summed E-state index contributed by atoms with van der Waals surface area (Å²) in [5, 5.41) is 0.160. The van der Waals surface area contributed by atoms with Crippen LogP contribution in [0.3, 0.4) is 0 Å². The first kappa shape index (κ1) is 13.8. The van der Waals surface area contributed by atoms with E-state index in [0.29, 0.717) is 11.3 Å². The summed E-state index contributed by atoms with van der Waals surface area (Å²) in [6.45, 7) is 0. The molecular weight excluding hydrogens is 283 g/mol. The maximum atomic E-state index is 12.1. The van der Waals surface area contributed by atoms with Crippen molar-refractivity contribution in [3.05, 3.63) is 52.9 Å². The standard InChI is InChI=1S/C12H9ClF3NO2/c13-10-5-4-9(18-10)11(17)7-2-1-3-8(6-7)19-12(14,15)16/h1-6,11H,17H2. The van der Waals surface area contributed by atoms with Crippen molar-refractivity contribution in [2.24, 2.45) is 5.73 Å². The van der Waals surface area contributed by atoms with E-state index in [2.05, 4.69) is 4.74 Å². The van der Waals surface area contributed by atoms with Crippen LogP contribution in [0.2, 0.25) is 5.22 Å². The van der Waals surface area contributed by atoms with Gasteiger partial charge in [-0.15, -0.1) is 13.2 Å². The van der Waals surface area contributed by atoms with Crippen LogP contribution in [-0.4, -0.2) is 6.36 Å². The second kappa shape index (κ2) is 5.14. The second-order valence-corrected chi connectivity index (χ2v) is 4.11. The SMILES string of the molecule is NC(c1cccc(OC(F)(F)F)c1)c1ccc(Cl)o1. The zero-order valence-electron chi connectivity index (χ0n) is 9.45. The Hall–Kier alpha value is -1.66. The molecule has 2 rings (SSSR count). The molecule has 0 amide bonds. The third-order valence-corrected chi connectivity index (χ3v) is 2.55. The number of furan rings is 1. The fraction of sp³-hybridized carbons (Fsp3) is 0.167. The molecule has 1 aromatic heterocycles. The van der Waals surface area contributed by atoms with Crippen molar-refractivity contribution < 1.29 is 22.3 Å². The fourth-order valence-corrected chi connectivity index (χ4v) is 1.72. The van der Waals surface area contributed by atoms with E-state index in [4.69, 9.17) is 21.8 Å². The third-order valence-electron chi connectivity index (χ3n) is 2.35. The molecule has 1 aromatic carbocycles. The molecule has 1 atom stereocenters. The molecule has 1 heterocycles. The van der Waals surface area contributed by atoms with Gasteiger partial charge in [0.1, 0.15) is 11.5 Å². The summed E-state index contributed by atoms with van der Waals surface area (Å²) < 4.78 is 45.3. The zero-order chi connectivity index (χ0) is 14.0. The molecule has 7 heteroatoms. The Morgan fingerprint density at radius 2 is 1.95 bits per heavy atom. The summed E-state index contributed by atoms with van der Waals surface area (Å²) in [7, 11) is 0. The van der Waals surface area contributed by atoms with Crippen molar-refractivity contribution in [3.63, 3.8) is 0 Å². The van der Waals surface area contributed by atoms with Crippen LogP contribution in [0, 0.1) is 0 Å². The average Bonchev–Trinajstić information content (AvgIpc) is 2.73. The molecule has 0 saturated carbocycles. The van der Waals surface area contributed by atoms with Crippen LogP contribution in [0.5, 0.6) is 5.75 Å². The van der Waals surface area contributed by atoms with Gasteiger partial charge in [0.2, 0.25) is 0 Å². The Labute approximate surface area is 111 Å². The minimum Gasteiger partial charge on any atom is -0.448 e. The number of ether oxygens (including phenoxy) is 1. The lowest BCUT2D eigenvalue weighted by atomic mass is 10.1. The number of alkyl halides is 3. The summed E-state index contributed by atoms with van der Waals surface area (Å²) in [5.41, 5.74) is 6.30. The van der Waals surface area contributed by atoms with Crippen LogP contribution in [0.1, 0.15) is 17.4 Å². The molecule has 0 saturated heterocycles. The lowest BCUT2D eigenvalue weighted by Gasteiger charge is -2.12. The topological polar surface area (TPSA) is 48.4 Å². The highest BCUT2D eigenvalue weighted by atomic mass is 35.5. The molecule has 0 fully saturated rings. The highest BCUT2D eigenvalue weighted by molar-refractivity contribution is 6.28. The van der Waals surface area contributed by atoms with Gasteiger partial charge in [0.05, 0.1) is 6.04 Å². The maximum absolute atomic E-state index is 12.1. The molecule has 0 spiro atoms. The van der Waals surface area contributed by atoms with Gasteiger partial charge in [0.25, 0.3) is 0 Å². The first-order valence-corrected chi connectivity index (χ1v) is 5.59. The monoisotopic (exact) mass is 291 g/mol. The Kier molecular flexibility index (Phi) is 3.73. The minimum absolute atomic E-state index is 0.160. The summed E-state index contributed by atoms with van der Waals surface area (Å²) in [6.07, 6.45) is -4.74. The van der Waals surface area contributed by atoms with E-state index in [1.807, 2.05) is 0 Å². The fourth-order valence-electron chi connectivity index (χ4n) is 1.56. The van der Waals surface area contributed by atoms with E-state index >= 15 is 0 Å². The van der Waals surface area contributed by atoms with Gasteiger partial charge in [-0.1, -0.05) is 12.1 Å². The Morgan fingerprint density at radius 1 is 1.21 bits per heavy atom. The molecule has 0 aliphatic rings. The lowest BCUT2D eigenvalue weighted by Crippen LogP contribution is -2.18. The van der Waals surface area contributed by atoms with E-state index in [-0.39, 0.29) is 11.0 Å². The van der Waals surface area contributed by atoms with Crippen molar-refractivity contribution in [1.82, 2.24) is 0 Å². The van der Waals surface area contributed by atoms with E-state index in [9.17, 15) is 13.2 Å².